The molecule has 0 aliphatic carbocycles. The summed E-state index contributed by atoms with van der Waals surface area (Å²) in [4.78, 5) is 14.0. The molecule has 0 unspecified atom stereocenters. The van der Waals surface area contributed by atoms with Crippen LogP contribution in [0.15, 0.2) is 24.4 Å². The predicted molar refractivity (Wildman–Crippen MR) is 49.8 cm³/mol. The maximum absolute atomic E-state index is 10.4. The van der Waals surface area contributed by atoms with Crippen molar-refractivity contribution in [2.75, 3.05) is 5.32 Å². The van der Waals surface area contributed by atoms with Gasteiger partial charge in [0.15, 0.2) is 0 Å². The van der Waals surface area contributed by atoms with E-state index >= 15 is 0 Å². The summed E-state index contributed by atoms with van der Waals surface area (Å²) in [5.74, 6) is -9.61. The SMILES string of the molecule is O=C(O)C(O)(O)C(O)(O)Nc1ccccn1. The molecule has 0 aromatic carbocycles. The van der Waals surface area contributed by atoms with Gasteiger partial charge in [0.1, 0.15) is 5.82 Å². The van der Waals surface area contributed by atoms with E-state index in [-0.39, 0.29) is 5.82 Å². The molecule has 1 rings (SSSR count). The van der Waals surface area contributed by atoms with Crippen molar-refractivity contribution in [1.29, 1.82) is 0 Å². The Morgan fingerprint density at radius 3 is 2.31 bits per heavy atom. The van der Waals surface area contributed by atoms with Gasteiger partial charge in [-0.15, -0.1) is 0 Å². The van der Waals surface area contributed by atoms with E-state index in [0.717, 1.165) is 0 Å². The van der Waals surface area contributed by atoms with Crippen LogP contribution in [0.5, 0.6) is 0 Å². The van der Waals surface area contributed by atoms with Crippen LogP contribution >= 0.6 is 0 Å². The average molecular weight is 230 g/mol. The molecule has 1 heterocycles. The number of nitrogens with zero attached hydrogens (tertiary/aromatic N) is 1. The first-order valence-corrected chi connectivity index (χ1v) is 4.09. The molecule has 0 fully saturated rings. The highest BCUT2D eigenvalue weighted by Crippen LogP contribution is 2.19. The van der Waals surface area contributed by atoms with Crippen molar-refractivity contribution in [2.24, 2.45) is 0 Å². The van der Waals surface area contributed by atoms with E-state index in [1.54, 1.807) is 5.32 Å². The van der Waals surface area contributed by atoms with Crippen LogP contribution < -0.4 is 5.32 Å². The maximum atomic E-state index is 10.4. The van der Waals surface area contributed by atoms with Gasteiger partial charge in [-0.25, -0.2) is 9.78 Å². The Morgan fingerprint density at radius 2 is 1.88 bits per heavy atom. The molecule has 8 heteroatoms. The van der Waals surface area contributed by atoms with E-state index < -0.39 is 17.7 Å². The Bertz CT molecular complexity index is 377. The smallest absolute Gasteiger partial charge is 0.372 e. The molecule has 0 aliphatic rings. The number of nitrogens with one attached hydrogen (secondary N) is 1. The van der Waals surface area contributed by atoms with Gasteiger partial charge in [0, 0.05) is 6.20 Å². The number of aromatic nitrogens is 1. The second-order valence-corrected chi connectivity index (χ2v) is 2.99. The van der Waals surface area contributed by atoms with Crippen LogP contribution in [-0.2, 0) is 4.79 Å². The van der Waals surface area contributed by atoms with Gasteiger partial charge in [-0.1, -0.05) is 6.07 Å². The third kappa shape index (κ3) is 2.25. The Morgan fingerprint density at radius 1 is 1.25 bits per heavy atom. The molecule has 6 N–H and O–H groups in total. The van der Waals surface area contributed by atoms with E-state index in [9.17, 15) is 15.0 Å². The molecule has 0 aliphatic heterocycles. The highest BCUT2D eigenvalue weighted by Gasteiger charge is 2.55. The summed E-state index contributed by atoms with van der Waals surface area (Å²) in [5, 5.41) is 46.4. The molecule has 0 saturated heterocycles. The standard InChI is InChI=1S/C8H10N2O6/c11-6(12)7(13,14)8(15,16)10-5-3-1-2-4-9-5/h1-4,13-16H,(H,9,10)(H,11,12). The van der Waals surface area contributed by atoms with E-state index in [4.69, 9.17) is 15.3 Å². The lowest BCUT2D eigenvalue weighted by molar-refractivity contribution is -0.330. The summed E-state index contributed by atoms with van der Waals surface area (Å²) in [5.41, 5.74) is 0. The van der Waals surface area contributed by atoms with Crippen molar-refractivity contribution in [1.82, 2.24) is 4.98 Å². The molecule has 0 spiro atoms. The van der Waals surface area contributed by atoms with Crippen LogP contribution in [0, 0.1) is 0 Å². The number of anilines is 1. The van der Waals surface area contributed by atoms with Gasteiger partial charge in [-0.2, -0.15) is 0 Å². The molecule has 0 saturated carbocycles. The third-order valence-electron chi connectivity index (χ3n) is 1.75. The molecular formula is C8H10N2O6. The zero-order valence-electron chi connectivity index (χ0n) is 7.90. The van der Waals surface area contributed by atoms with Crippen molar-refractivity contribution in [3.63, 3.8) is 0 Å². The highest BCUT2D eigenvalue weighted by molar-refractivity contribution is 5.76. The number of carboxylic acids is 1. The normalized spacial score (nSPS) is 12.2. The topological polar surface area (TPSA) is 143 Å². The molecule has 0 radical (unpaired) electrons. The number of pyridine rings is 1. The first kappa shape index (κ1) is 12.3. The fourth-order valence-electron chi connectivity index (χ4n) is 0.852. The van der Waals surface area contributed by atoms with Gasteiger partial charge in [0.2, 0.25) is 0 Å². The number of carboxylic acid groups (broad SMARTS) is 1. The Labute approximate surface area is 89.4 Å². The summed E-state index contributed by atoms with van der Waals surface area (Å²) >= 11 is 0. The molecule has 16 heavy (non-hydrogen) atoms. The number of hydrogen-bond acceptors (Lipinski definition) is 7. The average Bonchev–Trinajstić information content (AvgIpc) is 2.18. The number of rotatable bonds is 4. The van der Waals surface area contributed by atoms with E-state index in [2.05, 4.69) is 4.98 Å². The first-order chi connectivity index (χ1) is 7.27. The van der Waals surface area contributed by atoms with Crippen LogP contribution in [0.1, 0.15) is 0 Å². The molecule has 8 nitrogen and oxygen atoms in total. The van der Waals surface area contributed by atoms with Crippen LogP contribution in [0.25, 0.3) is 0 Å². The van der Waals surface area contributed by atoms with Crippen molar-refractivity contribution >= 4 is 11.8 Å². The molecule has 0 atom stereocenters. The predicted octanol–water partition coefficient (Wildman–Crippen LogP) is -2.10. The van der Waals surface area contributed by atoms with Crippen molar-refractivity contribution in [3.8, 4) is 0 Å². The van der Waals surface area contributed by atoms with Gasteiger partial charge in [0.25, 0.3) is 0 Å². The first-order valence-electron chi connectivity index (χ1n) is 4.09. The minimum Gasteiger partial charge on any atom is -0.477 e. The lowest BCUT2D eigenvalue weighted by Crippen LogP contribution is -2.64. The molecule has 88 valence electrons. The summed E-state index contributed by atoms with van der Waals surface area (Å²) in [6, 6.07) is 4.28. The molecule has 0 bridgehead atoms. The second-order valence-electron chi connectivity index (χ2n) is 2.99. The van der Waals surface area contributed by atoms with Crippen molar-refractivity contribution in [3.05, 3.63) is 24.4 Å². The van der Waals surface area contributed by atoms with Gasteiger partial charge in [-0.05, 0) is 12.1 Å². The maximum Gasteiger partial charge on any atom is 0.372 e. The summed E-state index contributed by atoms with van der Waals surface area (Å²) in [6.45, 7) is 0. The van der Waals surface area contributed by atoms with Gasteiger partial charge in [0.05, 0.1) is 0 Å². The van der Waals surface area contributed by atoms with E-state index in [1.807, 2.05) is 0 Å². The Hall–Kier alpha value is -1.74. The van der Waals surface area contributed by atoms with Crippen LogP contribution in [0.4, 0.5) is 5.82 Å². The Kier molecular flexibility index (Phi) is 3.10. The van der Waals surface area contributed by atoms with E-state index in [0.29, 0.717) is 0 Å². The molecule has 1 aromatic heterocycles. The number of carbonyl (C=O) groups is 1. The minimum absolute atomic E-state index is 0.138. The van der Waals surface area contributed by atoms with Crippen molar-refractivity contribution in [2.45, 2.75) is 11.7 Å². The molecular weight excluding hydrogens is 220 g/mol. The summed E-state index contributed by atoms with van der Waals surface area (Å²) < 4.78 is 0. The Balaban J connectivity index is 2.92. The largest absolute Gasteiger partial charge is 0.477 e. The zero-order chi connectivity index (χ0) is 12.4. The second kappa shape index (κ2) is 4.02. The van der Waals surface area contributed by atoms with E-state index in [1.165, 1.54) is 24.4 Å². The molecule has 1 aromatic rings. The number of aliphatic hydroxyl groups is 4. The fraction of sp³-hybridized carbons (Fsp3) is 0.250. The van der Waals surface area contributed by atoms with Crippen LogP contribution in [0.2, 0.25) is 0 Å². The van der Waals surface area contributed by atoms with Gasteiger partial charge >= 0.3 is 17.7 Å². The zero-order valence-corrected chi connectivity index (χ0v) is 7.90. The lowest BCUT2D eigenvalue weighted by atomic mass is 10.2. The van der Waals surface area contributed by atoms with Crippen LogP contribution in [-0.4, -0.2) is 48.2 Å². The highest BCUT2D eigenvalue weighted by atomic mass is 16.6. The summed E-state index contributed by atoms with van der Waals surface area (Å²) in [7, 11) is 0. The van der Waals surface area contributed by atoms with Gasteiger partial charge < -0.3 is 30.8 Å². The quantitative estimate of drug-likeness (QED) is 0.323. The van der Waals surface area contributed by atoms with Crippen molar-refractivity contribution < 1.29 is 30.3 Å². The lowest BCUT2D eigenvalue weighted by Gasteiger charge is -2.31. The molecule has 0 amide bonds. The fourth-order valence-corrected chi connectivity index (χ4v) is 0.852. The monoisotopic (exact) mass is 230 g/mol. The van der Waals surface area contributed by atoms with Gasteiger partial charge in [-0.3, -0.25) is 0 Å². The third-order valence-corrected chi connectivity index (χ3v) is 1.75. The summed E-state index contributed by atoms with van der Waals surface area (Å²) in [6.07, 6.45) is 1.29. The number of aliphatic carboxylic acids is 1. The number of hydrogen-bond donors (Lipinski definition) is 6. The van der Waals surface area contributed by atoms with Crippen LogP contribution in [0.3, 0.4) is 0 Å². The minimum atomic E-state index is -3.77.